The van der Waals surface area contributed by atoms with E-state index in [1.54, 1.807) is 7.11 Å². The molecule has 0 saturated heterocycles. The van der Waals surface area contributed by atoms with Crippen LogP contribution in [0.25, 0.3) is 0 Å². The Balaban J connectivity index is 2.09. The molecule has 2 heteroatoms. The van der Waals surface area contributed by atoms with Crippen molar-refractivity contribution in [3.8, 4) is 0 Å². The summed E-state index contributed by atoms with van der Waals surface area (Å²) in [5, 5.41) is 0. The number of rotatable bonds is 4. The van der Waals surface area contributed by atoms with Gasteiger partial charge in [0.1, 0.15) is 0 Å². The van der Waals surface area contributed by atoms with E-state index in [0.29, 0.717) is 12.2 Å². The Hall–Kier alpha value is -0.0800. The average molecular weight is 172 g/mol. The standard InChI is InChI=1S/C10H20O2/c1-3-8-12-10-6-4-9(11-2)5-7-10/h9-10H,3-8H2,1-2H3. The Bertz CT molecular complexity index is 106. The molecule has 0 radical (unpaired) electrons. The molecule has 0 atom stereocenters. The minimum Gasteiger partial charge on any atom is -0.381 e. The number of ether oxygens (including phenoxy) is 2. The lowest BCUT2D eigenvalue weighted by atomic mass is 9.95. The van der Waals surface area contributed by atoms with Gasteiger partial charge in [-0.2, -0.15) is 0 Å². The zero-order valence-corrected chi connectivity index (χ0v) is 8.21. The summed E-state index contributed by atoms with van der Waals surface area (Å²) in [6.45, 7) is 3.07. The summed E-state index contributed by atoms with van der Waals surface area (Å²) in [6, 6.07) is 0. The minimum absolute atomic E-state index is 0.492. The van der Waals surface area contributed by atoms with Crippen LogP contribution in [0, 0.1) is 0 Å². The number of hydrogen-bond donors (Lipinski definition) is 0. The van der Waals surface area contributed by atoms with Gasteiger partial charge in [0.05, 0.1) is 12.2 Å². The van der Waals surface area contributed by atoms with Crippen molar-refractivity contribution >= 4 is 0 Å². The van der Waals surface area contributed by atoms with Crippen LogP contribution in [0.5, 0.6) is 0 Å². The van der Waals surface area contributed by atoms with Crippen molar-refractivity contribution in [2.75, 3.05) is 13.7 Å². The lowest BCUT2D eigenvalue weighted by Gasteiger charge is -2.27. The second kappa shape index (κ2) is 5.55. The molecule has 0 heterocycles. The first-order chi connectivity index (χ1) is 5.86. The van der Waals surface area contributed by atoms with E-state index in [1.165, 1.54) is 25.7 Å². The minimum atomic E-state index is 0.492. The van der Waals surface area contributed by atoms with Gasteiger partial charge in [0.2, 0.25) is 0 Å². The maximum Gasteiger partial charge on any atom is 0.0577 e. The molecule has 2 nitrogen and oxygen atoms in total. The second-order valence-electron chi connectivity index (χ2n) is 3.51. The van der Waals surface area contributed by atoms with Gasteiger partial charge in [0.25, 0.3) is 0 Å². The fourth-order valence-corrected chi connectivity index (χ4v) is 1.72. The molecule has 1 fully saturated rings. The van der Waals surface area contributed by atoms with Gasteiger partial charge in [0, 0.05) is 13.7 Å². The zero-order chi connectivity index (χ0) is 8.81. The first-order valence-corrected chi connectivity index (χ1v) is 5.01. The summed E-state index contributed by atoms with van der Waals surface area (Å²) < 4.78 is 11.0. The average Bonchev–Trinajstić information content (AvgIpc) is 2.15. The highest BCUT2D eigenvalue weighted by molar-refractivity contribution is 4.72. The van der Waals surface area contributed by atoms with Crippen LogP contribution in [0.4, 0.5) is 0 Å². The molecule has 1 saturated carbocycles. The molecule has 0 aromatic rings. The van der Waals surface area contributed by atoms with Crippen molar-refractivity contribution in [2.45, 2.75) is 51.2 Å². The molecule has 0 bridgehead atoms. The first-order valence-electron chi connectivity index (χ1n) is 5.01. The lowest BCUT2D eigenvalue weighted by molar-refractivity contribution is -0.0160. The summed E-state index contributed by atoms with van der Waals surface area (Å²) in [6.07, 6.45) is 6.83. The third-order valence-corrected chi connectivity index (χ3v) is 2.51. The SMILES string of the molecule is CCCOC1CCC(OC)CC1. The Morgan fingerprint density at radius 2 is 1.67 bits per heavy atom. The largest absolute Gasteiger partial charge is 0.381 e. The topological polar surface area (TPSA) is 18.5 Å². The molecule has 0 N–H and O–H groups in total. The quantitative estimate of drug-likeness (QED) is 0.648. The van der Waals surface area contributed by atoms with Crippen molar-refractivity contribution in [1.29, 1.82) is 0 Å². The molecule has 0 aromatic carbocycles. The monoisotopic (exact) mass is 172 g/mol. The van der Waals surface area contributed by atoms with E-state index in [4.69, 9.17) is 9.47 Å². The van der Waals surface area contributed by atoms with Crippen molar-refractivity contribution < 1.29 is 9.47 Å². The molecule has 0 aromatic heterocycles. The molecule has 0 unspecified atom stereocenters. The Morgan fingerprint density at radius 3 is 2.17 bits per heavy atom. The molecule has 1 aliphatic rings. The van der Waals surface area contributed by atoms with Crippen LogP contribution in [-0.2, 0) is 9.47 Å². The van der Waals surface area contributed by atoms with Gasteiger partial charge in [-0.15, -0.1) is 0 Å². The second-order valence-corrected chi connectivity index (χ2v) is 3.51. The summed E-state index contributed by atoms with van der Waals surface area (Å²) in [5.74, 6) is 0. The summed E-state index contributed by atoms with van der Waals surface area (Å²) in [5.41, 5.74) is 0. The third kappa shape index (κ3) is 3.11. The fourth-order valence-electron chi connectivity index (χ4n) is 1.72. The van der Waals surface area contributed by atoms with E-state index in [-0.39, 0.29) is 0 Å². The van der Waals surface area contributed by atoms with Gasteiger partial charge < -0.3 is 9.47 Å². The van der Waals surface area contributed by atoms with Crippen LogP contribution >= 0.6 is 0 Å². The fraction of sp³-hybridized carbons (Fsp3) is 1.00. The van der Waals surface area contributed by atoms with E-state index in [0.717, 1.165) is 13.0 Å². The smallest absolute Gasteiger partial charge is 0.0577 e. The van der Waals surface area contributed by atoms with Crippen molar-refractivity contribution in [3.63, 3.8) is 0 Å². The van der Waals surface area contributed by atoms with E-state index in [1.807, 2.05) is 0 Å². The van der Waals surface area contributed by atoms with E-state index >= 15 is 0 Å². The number of methoxy groups -OCH3 is 1. The van der Waals surface area contributed by atoms with Gasteiger partial charge in [-0.25, -0.2) is 0 Å². The molecule has 0 aliphatic heterocycles. The third-order valence-electron chi connectivity index (χ3n) is 2.51. The summed E-state index contributed by atoms with van der Waals surface area (Å²) in [4.78, 5) is 0. The zero-order valence-electron chi connectivity index (χ0n) is 8.21. The molecule has 1 aliphatic carbocycles. The molecule has 1 rings (SSSR count). The molecule has 12 heavy (non-hydrogen) atoms. The maximum absolute atomic E-state index is 5.67. The highest BCUT2D eigenvalue weighted by Gasteiger charge is 2.20. The molecular formula is C10H20O2. The summed E-state index contributed by atoms with van der Waals surface area (Å²) >= 11 is 0. The van der Waals surface area contributed by atoms with Crippen molar-refractivity contribution in [3.05, 3.63) is 0 Å². The van der Waals surface area contributed by atoms with Crippen LogP contribution in [0.15, 0.2) is 0 Å². The molecule has 0 spiro atoms. The van der Waals surface area contributed by atoms with Gasteiger partial charge in [-0.1, -0.05) is 6.92 Å². The van der Waals surface area contributed by atoms with Crippen LogP contribution < -0.4 is 0 Å². The van der Waals surface area contributed by atoms with Crippen LogP contribution in [0.1, 0.15) is 39.0 Å². The normalized spacial score (nSPS) is 30.5. The molecular weight excluding hydrogens is 152 g/mol. The van der Waals surface area contributed by atoms with Gasteiger partial charge in [0.15, 0.2) is 0 Å². The van der Waals surface area contributed by atoms with E-state index in [2.05, 4.69) is 6.92 Å². The van der Waals surface area contributed by atoms with Crippen LogP contribution in [0.3, 0.4) is 0 Å². The van der Waals surface area contributed by atoms with Crippen LogP contribution in [0.2, 0.25) is 0 Å². The predicted molar refractivity (Wildman–Crippen MR) is 49.3 cm³/mol. The van der Waals surface area contributed by atoms with Gasteiger partial charge in [-0.05, 0) is 32.1 Å². The highest BCUT2D eigenvalue weighted by Crippen LogP contribution is 2.22. The number of hydrogen-bond acceptors (Lipinski definition) is 2. The van der Waals surface area contributed by atoms with Gasteiger partial charge >= 0.3 is 0 Å². The predicted octanol–water partition coefficient (Wildman–Crippen LogP) is 2.37. The van der Waals surface area contributed by atoms with E-state index < -0.39 is 0 Å². The van der Waals surface area contributed by atoms with Crippen LogP contribution in [-0.4, -0.2) is 25.9 Å². The Kier molecular flexibility index (Phi) is 4.62. The molecule has 0 amide bonds. The Morgan fingerprint density at radius 1 is 1.08 bits per heavy atom. The Labute approximate surface area is 75.2 Å². The first kappa shape index (κ1) is 10.0. The van der Waals surface area contributed by atoms with Gasteiger partial charge in [-0.3, -0.25) is 0 Å². The van der Waals surface area contributed by atoms with Crippen molar-refractivity contribution in [2.24, 2.45) is 0 Å². The highest BCUT2D eigenvalue weighted by atomic mass is 16.5. The summed E-state index contributed by atoms with van der Waals surface area (Å²) in [7, 11) is 1.80. The lowest BCUT2D eigenvalue weighted by Crippen LogP contribution is -2.25. The van der Waals surface area contributed by atoms with Crippen molar-refractivity contribution in [1.82, 2.24) is 0 Å². The maximum atomic E-state index is 5.67. The van der Waals surface area contributed by atoms with E-state index in [9.17, 15) is 0 Å². The molecule has 72 valence electrons.